The first-order valence-corrected chi connectivity index (χ1v) is 14.6. The summed E-state index contributed by atoms with van der Waals surface area (Å²) in [5.74, 6) is 1.12. The molecule has 0 N–H and O–H groups in total. The summed E-state index contributed by atoms with van der Waals surface area (Å²) in [6.45, 7) is 13.4. The standard InChI is InChI=1S/C31H47NO6/c1-8-28(4,19-32)18-29(5,17-27(2,3)25(34)37-30(6)9-10-36-24(33)16-30)26(35)38-31(7)22-12-20-11-21(14-22)15-23(31)13-20/h20-23H,8-18H2,1-7H3. The van der Waals surface area contributed by atoms with E-state index in [9.17, 15) is 19.6 Å². The Bertz CT molecular complexity index is 984. The third-order valence-corrected chi connectivity index (χ3v) is 10.5. The van der Waals surface area contributed by atoms with E-state index in [2.05, 4.69) is 13.0 Å². The van der Waals surface area contributed by atoms with E-state index in [1.54, 1.807) is 20.8 Å². The highest BCUT2D eigenvalue weighted by atomic mass is 16.6. The van der Waals surface area contributed by atoms with Crippen LogP contribution in [0.25, 0.3) is 0 Å². The lowest BCUT2D eigenvalue weighted by molar-refractivity contribution is -0.215. The normalized spacial score (nSPS) is 37.4. The molecule has 0 aromatic rings. The lowest BCUT2D eigenvalue weighted by atomic mass is 9.50. The minimum Gasteiger partial charge on any atom is -0.465 e. The second-order valence-electron chi connectivity index (χ2n) is 14.7. The molecule has 4 bridgehead atoms. The van der Waals surface area contributed by atoms with E-state index in [0.29, 0.717) is 31.1 Å². The van der Waals surface area contributed by atoms with Crippen LogP contribution in [0.15, 0.2) is 0 Å². The van der Waals surface area contributed by atoms with E-state index in [1.165, 1.54) is 6.42 Å². The Labute approximate surface area is 228 Å². The molecule has 0 amide bonds. The second-order valence-corrected chi connectivity index (χ2v) is 14.7. The van der Waals surface area contributed by atoms with Crippen molar-refractivity contribution in [3.8, 4) is 6.07 Å². The molecule has 0 radical (unpaired) electrons. The molecule has 5 fully saturated rings. The van der Waals surface area contributed by atoms with E-state index in [4.69, 9.17) is 14.2 Å². The molecule has 1 saturated heterocycles. The fourth-order valence-corrected chi connectivity index (χ4v) is 8.24. The Morgan fingerprint density at radius 3 is 2.05 bits per heavy atom. The number of nitrogens with zero attached hydrogens (tertiary/aromatic N) is 1. The van der Waals surface area contributed by atoms with Gasteiger partial charge in [-0.1, -0.05) is 6.92 Å². The third-order valence-electron chi connectivity index (χ3n) is 10.5. The van der Waals surface area contributed by atoms with Gasteiger partial charge in [-0.2, -0.15) is 5.26 Å². The average Bonchev–Trinajstić information content (AvgIpc) is 2.81. The fraction of sp³-hybridized carbons (Fsp3) is 0.871. The Morgan fingerprint density at radius 2 is 1.55 bits per heavy atom. The van der Waals surface area contributed by atoms with E-state index >= 15 is 0 Å². The van der Waals surface area contributed by atoms with E-state index in [0.717, 1.165) is 37.5 Å². The Kier molecular flexibility index (Phi) is 7.47. The topological polar surface area (TPSA) is 103 Å². The molecule has 1 aliphatic heterocycles. The van der Waals surface area contributed by atoms with Crippen molar-refractivity contribution in [3.05, 3.63) is 0 Å². The maximum Gasteiger partial charge on any atom is 0.312 e. The van der Waals surface area contributed by atoms with Crippen molar-refractivity contribution >= 4 is 17.9 Å². The van der Waals surface area contributed by atoms with Gasteiger partial charge in [0.15, 0.2) is 0 Å². The summed E-state index contributed by atoms with van der Waals surface area (Å²) >= 11 is 0. The predicted molar refractivity (Wildman–Crippen MR) is 141 cm³/mol. The lowest BCUT2D eigenvalue weighted by Gasteiger charge is -2.59. The first-order valence-electron chi connectivity index (χ1n) is 14.6. The van der Waals surface area contributed by atoms with Gasteiger partial charge in [-0.15, -0.1) is 0 Å². The molecule has 4 aliphatic carbocycles. The average molecular weight is 530 g/mol. The highest BCUT2D eigenvalue weighted by Gasteiger charge is 2.59. The number of cyclic esters (lactones) is 1. The van der Waals surface area contributed by atoms with Crippen LogP contribution in [0.1, 0.15) is 113 Å². The lowest BCUT2D eigenvalue weighted by Crippen LogP contribution is -2.59. The van der Waals surface area contributed by atoms with E-state index in [1.807, 2.05) is 20.8 Å². The van der Waals surface area contributed by atoms with Crippen molar-refractivity contribution < 1.29 is 28.6 Å². The summed E-state index contributed by atoms with van der Waals surface area (Å²) in [5, 5.41) is 10.0. The van der Waals surface area contributed by atoms with Crippen LogP contribution < -0.4 is 0 Å². The van der Waals surface area contributed by atoms with E-state index < -0.39 is 33.4 Å². The number of esters is 3. The SMILES string of the molecule is CCC(C)(C#N)CC(C)(CC(C)(C)C(=O)OC1(C)CCOC(=O)C1)C(=O)OC1(C)C2CC3CC(C2)CC1C3. The Morgan fingerprint density at radius 1 is 0.974 bits per heavy atom. The molecule has 0 aromatic carbocycles. The fourth-order valence-electron chi connectivity index (χ4n) is 8.24. The molecule has 7 heteroatoms. The highest BCUT2D eigenvalue weighted by molar-refractivity contribution is 5.81. The van der Waals surface area contributed by atoms with Gasteiger partial charge in [0.25, 0.3) is 0 Å². The van der Waals surface area contributed by atoms with Crippen LogP contribution in [0.3, 0.4) is 0 Å². The summed E-state index contributed by atoms with van der Waals surface area (Å²) in [4.78, 5) is 39.6. The molecule has 38 heavy (non-hydrogen) atoms. The van der Waals surface area contributed by atoms with Crippen LogP contribution in [0, 0.1) is 51.2 Å². The molecule has 3 unspecified atom stereocenters. The molecule has 5 rings (SSSR count). The number of nitriles is 1. The molecular weight excluding hydrogens is 482 g/mol. The van der Waals surface area contributed by atoms with Crippen LogP contribution in [0.5, 0.6) is 0 Å². The van der Waals surface area contributed by atoms with Crippen molar-refractivity contribution in [3.63, 3.8) is 0 Å². The number of carbonyl (C=O) groups is 3. The summed E-state index contributed by atoms with van der Waals surface area (Å²) in [5.41, 5.74) is -4.27. The largest absolute Gasteiger partial charge is 0.465 e. The van der Waals surface area contributed by atoms with Crippen LogP contribution in [-0.4, -0.2) is 35.7 Å². The zero-order valence-electron chi connectivity index (χ0n) is 24.5. The van der Waals surface area contributed by atoms with Gasteiger partial charge >= 0.3 is 17.9 Å². The number of hydrogen-bond acceptors (Lipinski definition) is 7. The predicted octanol–water partition coefficient (Wildman–Crippen LogP) is 6.14. The maximum absolute atomic E-state index is 14.2. The minimum atomic E-state index is -1.06. The summed E-state index contributed by atoms with van der Waals surface area (Å²) in [6.07, 6.45) is 7.32. The van der Waals surface area contributed by atoms with Gasteiger partial charge in [0.1, 0.15) is 11.2 Å². The maximum atomic E-state index is 14.2. The molecular formula is C31H47NO6. The smallest absolute Gasteiger partial charge is 0.312 e. The van der Waals surface area contributed by atoms with Gasteiger partial charge < -0.3 is 14.2 Å². The van der Waals surface area contributed by atoms with Gasteiger partial charge in [0, 0.05) is 6.42 Å². The number of carbonyl (C=O) groups excluding carboxylic acids is 3. The van der Waals surface area contributed by atoms with Crippen molar-refractivity contribution in [1.29, 1.82) is 5.26 Å². The third kappa shape index (κ3) is 5.47. The van der Waals surface area contributed by atoms with Gasteiger partial charge in [-0.3, -0.25) is 14.4 Å². The summed E-state index contributed by atoms with van der Waals surface area (Å²) < 4.78 is 17.5. The number of ether oxygens (including phenoxy) is 3. The zero-order valence-corrected chi connectivity index (χ0v) is 24.5. The molecule has 212 valence electrons. The van der Waals surface area contributed by atoms with Crippen LogP contribution in [-0.2, 0) is 28.6 Å². The van der Waals surface area contributed by atoms with Crippen LogP contribution in [0.4, 0.5) is 0 Å². The molecule has 1 heterocycles. The van der Waals surface area contributed by atoms with Crippen molar-refractivity contribution in [1.82, 2.24) is 0 Å². The highest BCUT2D eigenvalue weighted by Crippen LogP contribution is 2.60. The number of rotatable bonds is 9. The second kappa shape index (κ2) is 9.82. The molecule has 0 spiro atoms. The van der Waals surface area contributed by atoms with Gasteiger partial charge in [0.2, 0.25) is 0 Å². The quantitative estimate of drug-likeness (QED) is 0.261. The van der Waals surface area contributed by atoms with E-state index in [-0.39, 0.29) is 31.4 Å². The zero-order chi connectivity index (χ0) is 28.1. The van der Waals surface area contributed by atoms with Crippen molar-refractivity contribution in [2.24, 2.45) is 39.9 Å². The Balaban J connectivity index is 1.57. The molecule has 7 nitrogen and oxygen atoms in total. The summed E-state index contributed by atoms with van der Waals surface area (Å²) in [7, 11) is 0. The minimum absolute atomic E-state index is 0.0135. The molecule has 0 aromatic heterocycles. The first-order chi connectivity index (χ1) is 17.6. The monoisotopic (exact) mass is 529 g/mol. The van der Waals surface area contributed by atoms with Crippen molar-refractivity contribution in [2.75, 3.05) is 6.61 Å². The molecule has 4 saturated carbocycles. The van der Waals surface area contributed by atoms with Gasteiger partial charge in [-0.25, -0.2) is 0 Å². The molecule has 5 aliphatic rings. The Hall–Kier alpha value is -2.10. The molecule has 3 atom stereocenters. The summed E-state index contributed by atoms with van der Waals surface area (Å²) in [6, 6.07) is 2.42. The van der Waals surface area contributed by atoms with Crippen LogP contribution in [0.2, 0.25) is 0 Å². The van der Waals surface area contributed by atoms with Crippen molar-refractivity contribution in [2.45, 2.75) is 124 Å². The van der Waals surface area contributed by atoms with Gasteiger partial charge in [-0.05, 0) is 117 Å². The number of hydrogen-bond donors (Lipinski definition) is 0. The first kappa shape index (κ1) is 28.9. The van der Waals surface area contributed by atoms with Crippen LogP contribution >= 0.6 is 0 Å². The van der Waals surface area contributed by atoms with Gasteiger partial charge in [0.05, 0.1) is 35.3 Å².